The summed E-state index contributed by atoms with van der Waals surface area (Å²) in [5.41, 5.74) is 1.09. The molecular formula is C15H23N7S. The van der Waals surface area contributed by atoms with Crippen molar-refractivity contribution in [2.75, 3.05) is 7.05 Å². The summed E-state index contributed by atoms with van der Waals surface area (Å²) in [6.07, 6.45) is 3.45. The molecule has 0 aromatic carbocycles. The van der Waals surface area contributed by atoms with Gasteiger partial charge in [0.05, 0.1) is 23.8 Å². The van der Waals surface area contributed by atoms with Crippen molar-refractivity contribution in [3.8, 4) is 0 Å². The number of hydrogen-bond acceptors (Lipinski definition) is 5. The van der Waals surface area contributed by atoms with Gasteiger partial charge in [0.2, 0.25) is 0 Å². The first-order valence-electron chi connectivity index (χ1n) is 7.95. The SMILES string of the molecule is CN=C(NCc1sc(C)nc1C)NCc1nnc2n1CCCC2. The van der Waals surface area contributed by atoms with Crippen LogP contribution in [-0.4, -0.2) is 32.8 Å². The van der Waals surface area contributed by atoms with Crippen LogP contribution in [0.5, 0.6) is 0 Å². The van der Waals surface area contributed by atoms with Crippen molar-refractivity contribution in [1.82, 2.24) is 30.4 Å². The third kappa shape index (κ3) is 3.69. The highest BCUT2D eigenvalue weighted by Gasteiger charge is 2.15. The summed E-state index contributed by atoms with van der Waals surface area (Å²) in [5, 5.41) is 16.3. The average Bonchev–Trinajstić information content (AvgIpc) is 3.10. The van der Waals surface area contributed by atoms with Crippen LogP contribution >= 0.6 is 11.3 Å². The number of nitrogens with zero attached hydrogens (tertiary/aromatic N) is 5. The number of nitrogens with one attached hydrogen (secondary N) is 2. The molecule has 0 radical (unpaired) electrons. The van der Waals surface area contributed by atoms with Gasteiger partial charge in [0, 0.05) is 24.9 Å². The van der Waals surface area contributed by atoms with E-state index in [0.29, 0.717) is 6.54 Å². The molecule has 0 saturated heterocycles. The van der Waals surface area contributed by atoms with E-state index in [1.807, 2.05) is 13.8 Å². The Labute approximate surface area is 140 Å². The lowest BCUT2D eigenvalue weighted by Gasteiger charge is -2.16. The lowest BCUT2D eigenvalue weighted by Crippen LogP contribution is -2.37. The molecule has 124 valence electrons. The van der Waals surface area contributed by atoms with Crippen LogP contribution in [0.2, 0.25) is 0 Å². The number of rotatable bonds is 4. The fourth-order valence-electron chi connectivity index (χ4n) is 2.78. The van der Waals surface area contributed by atoms with Crippen molar-refractivity contribution in [3.63, 3.8) is 0 Å². The second-order valence-electron chi connectivity index (χ2n) is 5.66. The zero-order chi connectivity index (χ0) is 16.2. The summed E-state index contributed by atoms with van der Waals surface area (Å²) in [5.74, 6) is 2.85. The average molecular weight is 333 g/mol. The molecule has 0 amide bonds. The largest absolute Gasteiger partial charge is 0.351 e. The highest BCUT2D eigenvalue weighted by molar-refractivity contribution is 7.11. The third-order valence-corrected chi connectivity index (χ3v) is 5.06. The number of aryl methyl sites for hydroxylation is 3. The van der Waals surface area contributed by atoms with Crippen molar-refractivity contribution in [2.24, 2.45) is 4.99 Å². The highest BCUT2D eigenvalue weighted by atomic mass is 32.1. The second-order valence-corrected chi connectivity index (χ2v) is 6.95. The number of hydrogen-bond donors (Lipinski definition) is 2. The Bertz CT molecular complexity index is 701. The predicted molar refractivity (Wildman–Crippen MR) is 91.6 cm³/mol. The summed E-state index contributed by atoms with van der Waals surface area (Å²) in [6.45, 7) is 6.45. The van der Waals surface area contributed by atoms with Crippen LogP contribution in [0, 0.1) is 13.8 Å². The van der Waals surface area contributed by atoms with Gasteiger partial charge in [0.25, 0.3) is 0 Å². The minimum absolute atomic E-state index is 0.632. The minimum atomic E-state index is 0.632. The van der Waals surface area contributed by atoms with Crippen molar-refractivity contribution in [1.29, 1.82) is 0 Å². The Morgan fingerprint density at radius 3 is 2.78 bits per heavy atom. The van der Waals surface area contributed by atoms with E-state index in [1.165, 1.54) is 17.7 Å². The molecule has 2 N–H and O–H groups in total. The van der Waals surface area contributed by atoms with Crippen molar-refractivity contribution < 1.29 is 0 Å². The van der Waals surface area contributed by atoms with Crippen LogP contribution in [0.25, 0.3) is 0 Å². The summed E-state index contributed by atoms with van der Waals surface area (Å²) in [6, 6.07) is 0. The first-order valence-corrected chi connectivity index (χ1v) is 8.77. The lowest BCUT2D eigenvalue weighted by molar-refractivity contribution is 0.504. The zero-order valence-electron chi connectivity index (χ0n) is 13.9. The maximum atomic E-state index is 4.45. The predicted octanol–water partition coefficient (Wildman–Crippen LogP) is 1.55. The third-order valence-electron chi connectivity index (χ3n) is 3.99. The van der Waals surface area contributed by atoms with Gasteiger partial charge in [0.1, 0.15) is 5.82 Å². The quantitative estimate of drug-likeness (QED) is 0.655. The van der Waals surface area contributed by atoms with E-state index in [-0.39, 0.29) is 0 Å². The Kier molecular flexibility index (Phi) is 4.90. The van der Waals surface area contributed by atoms with Gasteiger partial charge in [-0.05, 0) is 26.7 Å². The molecule has 1 aliphatic rings. The second kappa shape index (κ2) is 7.08. The van der Waals surface area contributed by atoms with Gasteiger partial charge >= 0.3 is 0 Å². The monoisotopic (exact) mass is 333 g/mol. The van der Waals surface area contributed by atoms with Crippen LogP contribution in [0.15, 0.2) is 4.99 Å². The number of aromatic nitrogens is 4. The van der Waals surface area contributed by atoms with Crippen molar-refractivity contribution in [2.45, 2.75) is 52.7 Å². The zero-order valence-corrected chi connectivity index (χ0v) is 14.7. The molecule has 8 heteroatoms. The minimum Gasteiger partial charge on any atom is -0.351 e. The molecule has 7 nitrogen and oxygen atoms in total. The fraction of sp³-hybridized carbons (Fsp3) is 0.600. The molecule has 23 heavy (non-hydrogen) atoms. The first-order chi connectivity index (χ1) is 11.2. The van der Waals surface area contributed by atoms with Crippen LogP contribution in [0.4, 0.5) is 0 Å². The smallest absolute Gasteiger partial charge is 0.191 e. The molecule has 0 bridgehead atoms. The Balaban J connectivity index is 1.56. The Morgan fingerprint density at radius 1 is 1.22 bits per heavy atom. The number of thiazole rings is 1. The maximum Gasteiger partial charge on any atom is 0.191 e. The summed E-state index contributed by atoms with van der Waals surface area (Å²) in [7, 11) is 1.78. The highest BCUT2D eigenvalue weighted by Crippen LogP contribution is 2.16. The van der Waals surface area contributed by atoms with Gasteiger partial charge in [-0.15, -0.1) is 21.5 Å². The van der Waals surface area contributed by atoms with Gasteiger partial charge in [-0.25, -0.2) is 4.98 Å². The molecule has 3 rings (SSSR count). The summed E-state index contributed by atoms with van der Waals surface area (Å²) < 4.78 is 2.22. The standard InChI is InChI=1S/C15H23N7S/c1-10-12(23-11(2)19-10)8-17-15(16-3)18-9-14-21-20-13-6-4-5-7-22(13)14/h4-9H2,1-3H3,(H2,16,17,18). The Hall–Kier alpha value is -1.96. The maximum absolute atomic E-state index is 4.45. The molecule has 0 unspecified atom stereocenters. The molecule has 3 heterocycles. The van der Waals surface area contributed by atoms with E-state index in [9.17, 15) is 0 Å². The topological polar surface area (TPSA) is 80.0 Å². The van der Waals surface area contributed by atoms with E-state index in [1.54, 1.807) is 18.4 Å². The van der Waals surface area contributed by atoms with Gasteiger partial charge in [0.15, 0.2) is 11.8 Å². The van der Waals surface area contributed by atoms with E-state index in [0.717, 1.165) is 47.8 Å². The molecule has 0 saturated carbocycles. The molecule has 2 aromatic heterocycles. The van der Waals surface area contributed by atoms with Gasteiger partial charge in [-0.3, -0.25) is 4.99 Å². The van der Waals surface area contributed by atoms with E-state index >= 15 is 0 Å². The van der Waals surface area contributed by atoms with Crippen LogP contribution in [0.3, 0.4) is 0 Å². The van der Waals surface area contributed by atoms with Crippen molar-refractivity contribution in [3.05, 3.63) is 27.2 Å². The molecule has 2 aromatic rings. The molecule has 0 atom stereocenters. The normalized spacial score (nSPS) is 14.7. The number of guanidine groups is 1. The van der Waals surface area contributed by atoms with Gasteiger partial charge in [-0.1, -0.05) is 0 Å². The van der Waals surface area contributed by atoms with Crippen LogP contribution in [0.1, 0.15) is 40.1 Å². The van der Waals surface area contributed by atoms with E-state index in [2.05, 4.69) is 35.4 Å². The van der Waals surface area contributed by atoms with Crippen LogP contribution < -0.4 is 10.6 Å². The van der Waals surface area contributed by atoms with Crippen molar-refractivity contribution >= 4 is 17.3 Å². The van der Waals surface area contributed by atoms with Crippen LogP contribution in [-0.2, 0) is 26.1 Å². The molecule has 1 aliphatic heterocycles. The summed E-state index contributed by atoms with van der Waals surface area (Å²) >= 11 is 1.72. The fourth-order valence-corrected chi connectivity index (χ4v) is 3.66. The Morgan fingerprint density at radius 2 is 2.04 bits per heavy atom. The summed E-state index contributed by atoms with van der Waals surface area (Å²) in [4.78, 5) is 9.96. The van der Waals surface area contributed by atoms with Gasteiger partial charge < -0.3 is 15.2 Å². The molecule has 0 fully saturated rings. The number of aliphatic imine (C=N–C) groups is 1. The molecule has 0 spiro atoms. The van der Waals surface area contributed by atoms with E-state index in [4.69, 9.17) is 0 Å². The lowest BCUT2D eigenvalue weighted by atomic mass is 10.2. The van der Waals surface area contributed by atoms with Gasteiger partial charge in [-0.2, -0.15) is 0 Å². The molecular weight excluding hydrogens is 310 g/mol. The van der Waals surface area contributed by atoms with E-state index < -0.39 is 0 Å². The molecule has 0 aliphatic carbocycles. The number of fused-ring (bicyclic) bond motifs is 1. The first kappa shape index (κ1) is 15.9.